The molecule has 0 fully saturated rings. The van der Waals surface area contributed by atoms with Crippen LogP contribution in [0.3, 0.4) is 0 Å². The Morgan fingerprint density at radius 1 is 1.03 bits per heavy atom. The van der Waals surface area contributed by atoms with Crippen LogP contribution in [0.5, 0.6) is 0 Å². The number of benzene rings is 2. The van der Waals surface area contributed by atoms with E-state index in [0.717, 1.165) is 26.1 Å². The molecular weight excluding hydrogens is 358 g/mol. The maximum absolute atomic E-state index is 12.7. The van der Waals surface area contributed by atoms with Crippen molar-refractivity contribution in [3.63, 3.8) is 0 Å². The maximum Gasteiger partial charge on any atom is 0.275 e. The number of nitrogens with one attached hydrogen (secondary N) is 3. The van der Waals surface area contributed by atoms with Crippen LogP contribution in [-0.4, -0.2) is 52.7 Å². The Morgan fingerprint density at radius 3 is 2.31 bits per heavy atom. The molecule has 4 nitrogen and oxygen atoms in total. The molecule has 0 spiro atoms. The van der Waals surface area contributed by atoms with Gasteiger partial charge < -0.3 is 15.1 Å². The molecule has 0 aliphatic heterocycles. The van der Waals surface area contributed by atoms with Crippen molar-refractivity contribution in [2.45, 2.75) is 39.5 Å². The Hall–Kier alpha value is -1.91. The summed E-state index contributed by atoms with van der Waals surface area (Å²) in [6, 6.07) is 15.3. The van der Waals surface area contributed by atoms with Gasteiger partial charge >= 0.3 is 0 Å². The molecule has 4 heteroatoms. The van der Waals surface area contributed by atoms with Gasteiger partial charge in [0.1, 0.15) is 0 Å². The largest absolute Gasteiger partial charge is 0.350 e. The molecule has 0 aliphatic carbocycles. The second kappa shape index (κ2) is 10.7. The predicted molar refractivity (Wildman–Crippen MR) is 123 cm³/mol. The van der Waals surface area contributed by atoms with E-state index in [4.69, 9.17) is 0 Å². The first-order valence-corrected chi connectivity index (χ1v) is 11.2. The Bertz CT molecular complexity index is 777. The van der Waals surface area contributed by atoms with Crippen molar-refractivity contribution in [2.75, 3.05) is 46.8 Å². The molecule has 1 amide bonds. The van der Waals surface area contributed by atoms with Gasteiger partial charge in [0, 0.05) is 18.4 Å². The van der Waals surface area contributed by atoms with Gasteiger partial charge in [0.15, 0.2) is 6.54 Å². The van der Waals surface area contributed by atoms with Gasteiger partial charge in [-0.3, -0.25) is 4.79 Å². The molecule has 0 unspecified atom stereocenters. The van der Waals surface area contributed by atoms with Crippen molar-refractivity contribution >= 4 is 16.7 Å². The van der Waals surface area contributed by atoms with Crippen molar-refractivity contribution in [3.05, 3.63) is 48.0 Å². The first kappa shape index (κ1) is 23.4. The second-order valence-corrected chi connectivity index (χ2v) is 8.96. The first-order valence-electron chi connectivity index (χ1n) is 11.2. The third-order valence-corrected chi connectivity index (χ3v) is 6.51. The van der Waals surface area contributed by atoms with Crippen LogP contribution in [0.1, 0.15) is 39.7 Å². The van der Waals surface area contributed by atoms with Gasteiger partial charge in [-0.1, -0.05) is 56.3 Å². The fraction of sp³-hybridized carbons (Fsp3) is 0.560. The Morgan fingerprint density at radius 2 is 1.69 bits per heavy atom. The Balaban J connectivity index is 2.41. The van der Waals surface area contributed by atoms with Crippen LogP contribution in [-0.2, 0) is 10.2 Å². The third kappa shape index (κ3) is 5.80. The number of carbonyl (C=O) groups excluding carboxylic acids is 1. The van der Waals surface area contributed by atoms with Gasteiger partial charge in [0.05, 0.1) is 33.7 Å². The minimum absolute atomic E-state index is 0.0909. The summed E-state index contributed by atoms with van der Waals surface area (Å²) in [7, 11) is 4.41. The lowest BCUT2D eigenvalue weighted by atomic mass is 9.67. The molecule has 0 aliphatic rings. The number of carbonyl (C=O) groups is 1. The minimum atomic E-state index is -0.0909. The van der Waals surface area contributed by atoms with Gasteiger partial charge in [-0.25, -0.2) is 0 Å². The van der Waals surface area contributed by atoms with Crippen LogP contribution in [0.2, 0.25) is 0 Å². The zero-order valence-electron chi connectivity index (χ0n) is 19.3. The van der Waals surface area contributed by atoms with Crippen LogP contribution in [0, 0.1) is 5.92 Å². The summed E-state index contributed by atoms with van der Waals surface area (Å²) in [6.07, 6.45) is 1.04. The summed E-state index contributed by atoms with van der Waals surface area (Å²) >= 11 is 0. The van der Waals surface area contributed by atoms with Crippen molar-refractivity contribution < 1.29 is 14.6 Å². The van der Waals surface area contributed by atoms with E-state index in [1.807, 2.05) is 0 Å². The molecule has 29 heavy (non-hydrogen) atoms. The lowest BCUT2D eigenvalue weighted by Gasteiger charge is -2.39. The number of likely N-dealkylation sites (N-methyl/N-ethyl adjacent to an activating group) is 1. The van der Waals surface area contributed by atoms with Crippen molar-refractivity contribution in [1.29, 1.82) is 0 Å². The highest BCUT2D eigenvalue weighted by Crippen LogP contribution is 2.39. The lowest BCUT2D eigenvalue weighted by Crippen LogP contribution is -3.12. The highest BCUT2D eigenvalue weighted by atomic mass is 16.2. The number of rotatable bonds is 11. The van der Waals surface area contributed by atoms with E-state index < -0.39 is 0 Å². The summed E-state index contributed by atoms with van der Waals surface area (Å²) in [5.74, 6) is 0.569. The summed E-state index contributed by atoms with van der Waals surface area (Å²) in [4.78, 5) is 15.5. The van der Waals surface area contributed by atoms with E-state index in [-0.39, 0.29) is 11.3 Å². The fourth-order valence-corrected chi connectivity index (χ4v) is 4.30. The summed E-state index contributed by atoms with van der Waals surface area (Å²) in [5.41, 5.74) is 1.27. The fourth-order valence-electron chi connectivity index (χ4n) is 4.30. The second-order valence-electron chi connectivity index (χ2n) is 8.96. The van der Waals surface area contributed by atoms with E-state index in [2.05, 4.69) is 89.6 Å². The molecule has 3 N–H and O–H groups in total. The number of amides is 1. The topological polar surface area (TPSA) is 38.0 Å². The zero-order chi connectivity index (χ0) is 21.4. The molecule has 0 radical (unpaired) electrons. The van der Waals surface area contributed by atoms with E-state index in [1.165, 1.54) is 26.1 Å². The van der Waals surface area contributed by atoms with Gasteiger partial charge in [-0.2, -0.15) is 0 Å². The molecule has 160 valence electrons. The van der Waals surface area contributed by atoms with E-state index in [1.54, 1.807) is 0 Å². The van der Waals surface area contributed by atoms with Crippen LogP contribution in [0.25, 0.3) is 10.8 Å². The third-order valence-electron chi connectivity index (χ3n) is 6.51. The SMILES string of the molecule is CC[NH+](CC)CC(=O)NC[C@@](CC[NH+](C)C)(c1cccc2ccccc12)C(C)C. The van der Waals surface area contributed by atoms with Crippen LogP contribution >= 0.6 is 0 Å². The quantitative estimate of drug-likeness (QED) is 0.524. The summed E-state index contributed by atoms with van der Waals surface area (Å²) in [6.45, 7) is 13.1. The predicted octanol–water partition coefficient (Wildman–Crippen LogP) is 1.31. The minimum Gasteiger partial charge on any atom is -0.350 e. The lowest BCUT2D eigenvalue weighted by molar-refractivity contribution is -0.888. The zero-order valence-corrected chi connectivity index (χ0v) is 19.3. The number of quaternary nitrogens is 2. The molecule has 2 aromatic rings. The molecule has 0 heterocycles. The van der Waals surface area contributed by atoms with E-state index >= 15 is 0 Å². The monoisotopic (exact) mass is 399 g/mol. The molecule has 0 saturated heterocycles. The van der Waals surface area contributed by atoms with Gasteiger partial charge in [0.2, 0.25) is 0 Å². The number of hydrogen-bond donors (Lipinski definition) is 3. The van der Waals surface area contributed by atoms with Crippen molar-refractivity contribution in [1.82, 2.24) is 5.32 Å². The Labute approximate surface area is 177 Å². The van der Waals surface area contributed by atoms with Crippen LogP contribution in [0.15, 0.2) is 42.5 Å². The number of fused-ring (bicyclic) bond motifs is 1. The summed E-state index contributed by atoms with van der Waals surface area (Å²) in [5, 5.41) is 5.90. The van der Waals surface area contributed by atoms with Crippen molar-refractivity contribution in [2.24, 2.45) is 5.92 Å². The smallest absolute Gasteiger partial charge is 0.275 e. The standard InChI is InChI=1S/C25H39N3O/c1-7-28(8-2)18-24(29)26-19-25(20(3)4,16-17-27(5)6)23-15-11-13-21-12-9-10-14-22(21)23/h9-15,20H,7-8,16-19H2,1-6H3,(H,26,29)/p+2/t25-/m1/s1. The molecule has 2 aromatic carbocycles. The Kier molecular flexibility index (Phi) is 8.66. The van der Waals surface area contributed by atoms with Gasteiger partial charge in [-0.15, -0.1) is 0 Å². The molecule has 1 atom stereocenters. The average molecular weight is 400 g/mol. The average Bonchev–Trinajstić information content (AvgIpc) is 2.71. The molecular formula is C25H41N3O+2. The molecule has 0 bridgehead atoms. The van der Waals surface area contributed by atoms with Gasteiger partial charge in [0.25, 0.3) is 5.91 Å². The highest BCUT2D eigenvalue weighted by molar-refractivity contribution is 5.87. The van der Waals surface area contributed by atoms with E-state index in [9.17, 15) is 4.79 Å². The number of hydrogen-bond acceptors (Lipinski definition) is 1. The van der Waals surface area contributed by atoms with E-state index in [0.29, 0.717) is 19.0 Å². The van der Waals surface area contributed by atoms with Crippen LogP contribution in [0.4, 0.5) is 0 Å². The van der Waals surface area contributed by atoms with Crippen LogP contribution < -0.4 is 15.1 Å². The summed E-state index contributed by atoms with van der Waals surface area (Å²) < 4.78 is 0. The normalized spacial score (nSPS) is 14.0. The molecule has 0 aromatic heterocycles. The molecule has 0 saturated carbocycles. The van der Waals surface area contributed by atoms with Gasteiger partial charge in [-0.05, 0) is 36.1 Å². The van der Waals surface area contributed by atoms with Crippen molar-refractivity contribution in [3.8, 4) is 0 Å². The maximum atomic E-state index is 12.7. The highest BCUT2D eigenvalue weighted by Gasteiger charge is 2.38. The molecule has 2 rings (SSSR count). The first-order chi connectivity index (χ1) is 13.8.